The Hall–Kier alpha value is -1.69. The highest BCUT2D eigenvalue weighted by Gasteiger charge is 2.03. The third kappa shape index (κ3) is 3.40. The van der Waals surface area contributed by atoms with Gasteiger partial charge in [-0.1, -0.05) is 0 Å². The van der Waals surface area contributed by atoms with E-state index in [-0.39, 0.29) is 5.82 Å². The molecule has 0 fully saturated rings. The van der Waals surface area contributed by atoms with Gasteiger partial charge in [0.1, 0.15) is 5.82 Å². The lowest BCUT2D eigenvalue weighted by molar-refractivity contribution is 0.396. The summed E-state index contributed by atoms with van der Waals surface area (Å²) in [4.78, 5) is 6.41. The molecule has 1 N–H and O–H groups in total. The molecule has 2 rings (SSSR count). The van der Waals surface area contributed by atoms with Crippen molar-refractivity contribution in [3.05, 3.63) is 24.1 Å². The first kappa shape index (κ1) is 12.8. The van der Waals surface area contributed by atoms with Crippen molar-refractivity contribution in [1.29, 1.82) is 0 Å². The molecule has 0 unspecified atom stereocenters. The lowest BCUT2D eigenvalue weighted by Gasteiger charge is -2.08. The van der Waals surface area contributed by atoms with E-state index >= 15 is 0 Å². The molecule has 0 aliphatic heterocycles. The van der Waals surface area contributed by atoms with Crippen LogP contribution >= 0.6 is 0 Å². The van der Waals surface area contributed by atoms with Crippen LogP contribution in [0.2, 0.25) is 0 Å². The summed E-state index contributed by atoms with van der Waals surface area (Å²) in [5.74, 6) is 0.232. The van der Waals surface area contributed by atoms with E-state index in [1.54, 1.807) is 6.07 Å². The summed E-state index contributed by atoms with van der Waals surface area (Å²) < 4.78 is 14.4. The number of hydrogen-bond donors (Lipinski definition) is 1. The first-order valence-corrected chi connectivity index (χ1v) is 6.06. The molecule has 0 saturated heterocycles. The summed E-state index contributed by atoms with van der Waals surface area (Å²) in [5.41, 5.74) is 0.646. The van der Waals surface area contributed by atoms with E-state index in [1.165, 1.54) is 16.8 Å². The normalized spacial score (nSPS) is 11.3. The van der Waals surface area contributed by atoms with Crippen molar-refractivity contribution in [3.63, 3.8) is 0 Å². The van der Waals surface area contributed by atoms with Crippen molar-refractivity contribution in [2.24, 2.45) is 0 Å². The average Bonchev–Trinajstić information content (AvgIpc) is 2.70. The van der Waals surface area contributed by atoms with Crippen molar-refractivity contribution in [1.82, 2.24) is 19.5 Å². The molecule has 98 valence electrons. The number of hydrogen-bond acceptors (Lipinski definition) is 4. The molecule has 0 radical (unpaired) electrons. The maximum absolute atomic E-state index is 13.0. The molecule has 0 spiro atoms. The largest absolute Gasteiger partial charge is 0.353 e. The van der Waals surface area contributed by atoms with Crippen LogP contribution in [0.3, 0.4) is 0 Å². The van der Waals surface area contributed by atoms with Crippen LogP contribution in [0.25, 0.3) is 5.65 Å². The van der Waals surface area contributed by atoms with Gasteiger partial charge in [-0.2, -0.15) is 4.98 Å². The molecule has 0 aliphatic carbocycles. The summed E-state index contributed by atoms with van der Waals surface area (Å²) >= 11 is 0. The van der Waals surface area contributed by atoms with Gasteiger partial charge in [-0.15, -0.1) is 5.10 Å². The fourth-order valence-electron chi connectivity index (χ4n) is 1.69. The monoisotopic (exact) mass is 251 g/mol. The highest BCUT2D eigenvalue weighted by molar-refractivity contribution is 5.42. The van der Waals surface area contributed by atoms with Crippen LogP contribution in [-0.2, 0) is 0 Å². The Bertz CT molecular complexity index is 508. The molecule has 0 bridgehead atoms. The van der Waals surface area contributed by atoms with E-state index in [0.29, 0.717) is 11.6 Å². The third-order valence-electron chi connectivity index (χ3n) is 2.61. The Balaban J connectivity index is 1.84. The van der Waals surface area contributed by atoms with E-state index in [9.17, 15) is 4.39 Å². The molecule has 2 aromatic heterocycles. The van der Waals surface area contributed by atoms with Gasteiger partial charge in [0.2, 0.25) is 5.95 Å². The van der Waals surface area contributed by atoms with Gasteiger partial charge in [0.25, 0.3) is 0 Å². The molecule has 18 heavy (non-hydrogen) atoms. The maximum Gasteiger partial charge on any atom is 0.243 e. The Morgan fingerprint density at radius 1 is 1.33 bits per heavy atom. The number of nitrogens with zero attached hydrogens (tertiary/aromatic N) is 4. The van der Waals surface area contributed by atoms with Gasteiger partial charge < -0.3 is 10.2 Å². The van der Waals surface area contributed by atoms with E-state index in [0.717, 1.165) is 25.9 Å². The van der Waals surface area contributed by atoms with Crippen molar-refractivity contribution < 1.29 is 4.39 Å². The van der Waals surface area contributed by atoms with Crippen molar-refractivity contribution in [2.45, 2.75) is 12.8 Å². The van der Waals surface area contributed by atoms with Gasteiger partial charge in [-0.3, -0.25) is 0 Å². The highest BCUT2D eigenvalue weighted by Crippen LogP contribution is 2.06. The second-order valence-corrected chi connectivity index (χ2v) is 4.52. The van der Waals surface area contributed by atoms with Crippen LogP contribution in [0.15, 0.2) is 18.3 Å². The SMILES string of the molecule is CN(C)CCCCNc1nc2ccc(F)cn2n1. The molecule has 0 amide bonds. The molecule has 0 aliphatic rings. The molecule has 2 aromatic rings. The summed E-state index contributed by atoms with van der Waals surface area (Å²) in [6, 6.07) is 2.99. The number of anilines is 1. The van der Waals surface area contributed by atoms with E-state index in [4.69, 9.17) is 0 Å². The highest BCUT2D eigenvalue weighted by atomic mass is 19.1. The molecule has 2 heterocycles. The van der Waals surface area contributed by atoms with Crippen molar-refractivity contribution in [2.75, 3.05) is 32.5 Å². The predicted octanol–water partition coefficient (Wildman–Crippen LogP) is 1.62. The molecular weight excluding hydrogens is 233 g/mol. The minimum absolute atomic E-state index is 0.315. The second kappa shape index (κ2) is 5.77. The fraction of sp³-hybridized carbons (Fsp3) is 0.500. The first-order chi connectivity index (χ1) is 8.65. The van der Waals surface area contributed by atoms with Crippen LogP contribution in [0.5, 0.6) is 0 Å². The summed E-state index contributed by atoms with van der Waals surface area (Å²) in [5, 5.41) is 7.29. The summed E-state index contributed by atoms with van der Waals surface area (Å²) in [7, 11) is 4.12. The predicted molar refractivity (Wildman–Crippen MR) is 69.2 cm³/mol. The van der Waals surface area contributed by atoms with Gasteiger partial charge in [-0.25, -0.2) is 8.91 Å². The quantitative estimate of drug-likeness (QED) is 0.792. The number of rotatable bonds is 6. The second-order valence-electron chi connectivity index (χ2n) is 4.52. The van der Waals surface area contributed by atoms with E-state index < -0.39 is 0 Å². The Morgan fingerprint density at radius 2 is 2.17 bits per heavy atom. The zero-order chi connectivity index (χ0) is 13.0. The molecular formula is C12H18FN5. The number of aromatic nitrogens is 3. The minimum Gasteiger partial charge on any atom is -0.353 e. The standard InChI is InChI=1S/C12H18FN5/c1-17(2)8-4-3-7-14-12-15-11-6-5-10(13)9-18(11)16-12/h5-6,9H,3-4,7-8H2,1-2H3,(H,14,16). The van der Waals surface area contributed by atoms with Gasteiger partial charge in [0.05, 0.1) is 6.20 Å². The Morgan fingerprint density at radius 3 is 2.94 bits per heavy atom. The van der Waals surface area contributed by atoms with Gasteiger partial charge in [0.15, 0.2) is 5.65 Å². The number of pyridine rings is 1. The molecule has 0 saturated carbocycles. The maximum atomic E-state index is 13.0. The van der Waals surface area contributed by atoms with Crippen molar-refractivity contribution in [3.8, 4) is 0 Å². The van der Waals surface area contributed by atoms with Crippen molar-refractivity contribution >= 4 is 11.6 Å². The Kier molecular flexibility index (Phi) is 4.09. The molecule has 5 nitrogen and oxygen atoms in total. The van der Waals surface area contributed by atoms with Crippen LogP contribution in [0.4, 0.5) is 10.3 Å². The van der Waals surface area contributed by atoms with Gasteiger partial charge in [0, 0.05) is 6.54 Å². The number of unbranched alkanes of at least 4 members (excludes halogenated alkanes) is 1. The number of nitrogens with one attached hydrogen (secondary N) is 1. The molecule has 0 aromatic carbocycles. The Labute approximate surface area is 106 Å². The summed E-state index contributed by atoms with van der Waals surface area (Å²) in [6.07, 6.45) is 3.50. The number of fused-ring (bicyclic) bond motifs is 1. The zero-order valence-corrected chi connectivity index (χ0v) is 10.7. The van der Waals surface area contributed by atoms with E-state index in [2.05, 4.69) is 34.4 Å². The lowest BCUT2D eigenvalue weighted by atomic mass is 10.3. The number of halogens is 1. The lowest BCUT2D eigenvalue weighted by Crippen LogP contribution is -2.14. The van der Waals surface area contributed by atoms with Crippen LogP contribution in [0, 0.1) is 5.82 Å². The van der Waals surface area contributed by atoms with Crippen LogP contribution in [0.1, 0.15) is 12.8 Å². The van der Waals surface area contributed by atoms with E-state index in [1.807, 2.05) is 0 Å². The van der Waals surface area contributed by atoms with Gasteiger partial charge >= 0.3 is 0 Å². The molecule has 0 atom stereocenters. The fourth-order valence-corrected chi connectivity index (χ4v) is 1.69. The average molecular weight is 251 g/mol. The van der Waals surface area contributed by atoms with Gasteiger partial charge in [-0.05, 0) is 45.6 Å². The molecule has 6 heteroatoms. The first-order valence-electron chi connectivity index (χ1n) is 6.06. The summed E-state index contributed by atoms with van der Waals surface area (Å²) in [6.45, 7) is 1.90. The van der Waals surface area contributed by atoms with Crippen LogP contribution < -0.4 is 5.32 Å². The minimum atomic E-state index is -0.315. The third-order valence-corrected chi connectivity index (χ3v) is 2.61. The zero-order valence-electron chi connectivity index (χ0n) is 10.7. The smallest absolute Gasteiger partial charge is 0.243 e. The van der Waals surface area contributed by atoms with Crippen LogP contribution in [-0.4, -0.2) is 46.7 Å². The topological polar surface area (TPSA) is 45.5 Å².